The third-order valence-electron chi connectivity index (χ3n) is 7.80. The van der Waals surface area contributed by atoms with E-state index in [1.807, 2.05) is 6.92 Å². The summed E-state index contributed by atoms with van der Waals surface area (Å²) in [5.74, 6) is -0.835. The molecule has 0 amide bonds. The molecule has 0 spiro atoms. The number of aromatic nitrogens is 4. The second kappa shape index (κ2) is 11.8. The number of benzene rings is 1. The van der Waals surface area contributed by atoms with Gasteiger partial charge in [0.2, 0.25) is 0 Å². The highest BCUT2D eigenvalue weighted by atomic mass is 32.2. The van der Waals surface area contributed by atoms with Crippen LogP contribution in [0.1, 0.15) is 45.9 Å². The lowest BCUT2D eigenvalue weighted by molar-refractivity contribution is -0.145. The summed E-state index contributed by atoms with van der Waals surface area (Å²) >= 11 is 0. The smallest absolute Gasteiger partial charge is 0.306 e. The Labute approximate surface area is 241 Å². The minimum absolute atomic E-state index is 0.0291. The van der Waals surface area contributed by atoms with Gasteiger partial charge in [-0.25, -0.2) is 15.0 Å². The highest BCUT2D eigenvalue weighted by molar-refractivity contribution is 7.86. The quantitative estimate of drug-likeness (QED) is 0.202. The fraction of sp³-hybridized carbons (Fsp3) is 0.556. The van der Waals surface area contributed by atoms with Gasteiger partial charge in [-0.1, -0.05) is 38.5 Å². The maximum Gasteiger partial charge on any atom is 0.306 e. The number of imidazole rings is 1. The molecule has 1 fully saturated rings. The molecule has 2 N–H and O–H groups in total. The molecule has 12 nitrogen and oxygen atoms in total. The minimum atomic E-state index is -4.10. The van der Waals surface area contributed by atoms with Crippen molar-refractivity contribution >= 4 is 41.4 Å². The molecule has 0 bridgehead atoms. The van der Waals surface area contributed by atoms with Crippen molar-refractivity contribution < 1.29 is 31.3 Å². The molecule has 0 aliphatic carbocycles. The zero-order valence-corrected chi connectivity index (χ0v) is 26.3. The number of aryl methyl sites for hydroxylation is 1. The van der Waals surface area contributed by atoms with Crippen LogP contribution in [0.5, 0.6) is 0 Å². The summed E-state index contributed by atoms with van der Waals surface area (Å²) in [6, 6.07) is 6.37. The Balaban J connectivity index is 1.74. The van der Waals surface area contributed by atoms with Crippen LogP contribution < -0.4 is 5.73 Å². The summed E-state index contributed by atoms with van der Waals surface area (Å²) in [5.41, 5.74) is 7.78. The molecule has 1 aromatic carbocycles. The molecule has 3 heterocycles. The van der Waals surface area contributed by atoms with Crippen molar-refractivity contribution in [2.75, 3.05) is 18.9 Å². The first kappa shape index (κ1) is 31.0. The van der Waals surface area contributed by atoms with E-state index in [0.717, 1.165) is 5.56 Å². The van der Waals surface area contributed by atoms with Gasteiger partial charge < -0.3 is 19.6 Å². The number of nitrogen functional groups attached to an aromatic ring is 1. The largest absolute Gasteiger partial charge is 0.466 e. The van der Waals surface area contributed by atoms with Gasteiger partial charge in [-0.15, -0.1) is 0 Å². The Bertz CT molecular complexity index is 1490. The Morgan fingerprint density at radius 3 is 2.46 bits per heavy atom. The molecule has 2 aromatic heterocycles. The van der Waals surface area contributed by atoms with Crippen LogP contribution >= 0.6 is 0 Å². The third-order valence-corrected chi connectivity index (χ3v) is 13.6. The number of hydrogen-bond acceptors (Lipinski definition) is 11. The van der Waals surface area contributed by atoms with E-state index in [4.69, 9.17) is 23.8 Å². The van der Waals surface area contributed by atoms with Crippen molar-refractivity contribution in [3.63, 3.8) is 0 Å². The standard InChI is InChI=1S/C27H39N5O7SSi/c1-8-36-21(33)13-19-20(14-37-40(34,35)18-11-9-17(2)10-12-18)38-26(23(19)39-41(6,7)27(3,4)5)32-16-31-22-24(28)29-15-30-25(22)32/h9-12,15-16,19-20,23,26H,8,13-14H2,1-7H3,(H2,28,29,30)/t19-,20-,23-,26-/m1/s1. The molecule has 224 valence electrons. The molecule has 1 saturated heterocycles. The summed E-state index contributed by atoms with van der Waals surface area (Å²) in [6.07, 6.45) is 0.487. The number of nitrogens with zero attached hydrogens (tertiary/aromatic N) is 4. The molecule has 1 aliphatic heterocycles. The van der Waals surface area contributed by atoms with E-state index in [9.17, 15) is 13.2 Å². The first-order chi connectivity index (χ1) is 19.1. The molecule has 0 saturated carbocycles. The molecule has 41 heavy (non-hydrogen) atoms. The maximum atomic E-state index is 13.1. The van der Waals surface area contributed by atoms with E-state index >= 15 is 0 Å². The van der Waals surface area contributed by atoms with Crippen LogP contribution in [0.2, 0.25) is 18.1 Å². The number of nitrogens with two attached hydrogens (primary N) is 1. The molecule has 0 unspecified atom stereocenters. The normalized spacial score (nSPS) is 21.8. The minimum Gasteiger partial charge on any atom is -0.466 e. The van der Waals surface area contributed by atoms with Gasteiger partial charge in [-0.05, 0) is 44.1 Å². The van der Waals surface area contributed by atoms with Gasteiger partial charge in [0.05, 0.1) is 43.1 Å². The van der Waals surface area contributed by atoms with E-state index in [1.165, 1.54) is 24.8 Å². The Morgan fingerprint density at radius 1 is 1.15 bits per heavy atom. The summed E-state index contributed by atoms with van der Waals surface area (Å²) < 4.78 is 52.0. The van der Waals surface area contributed by atoms with Gasteiger partial charge in [0.1, 0.15) is 11.8 Å². The van der Waals surface area contributed by atoms with Gasteiger partial charge in [-0.3, -0.25) is 13.5 Å². The van der Waals surface area contributed by atoms with Gasteiger partial charge in [0.15, 0.2) is 26.0 Å². The van der Waals surface area contributed by atoms with E-state index in [2.05, 4.69) is 48.8 Å². The summed E-state index contributed by atoms with van der Waals surface area (Å²) in [4.78, 5) is 25.6. The highest BCUT2D eigenvalue weighted by Gasteiger charge is 2.52. The van der Waals surface area contributed by atoms with E-state index < -0.39 is 48.8 Å². The van der Waals surface area contributed by atoms with Crippen LogP contribution in [-0.4, -0.2) is 67.6 Å². The van der Waals surface area contributed by atoms with Crippen molar-refractivity contribution in [2.24, 2.45) is 5.92 Å². The summed E-state index contributed by atoms with van der Waals surface area (Å²) in [7, 11) is -6.54. The molecule has 4 atom stereocenters. The van der Waals surface area contributed by atoms with Crippen molar-refractivity contribution in [1.29, 1.82) is 0 Å². The lowest BCUT2D eigenvalue weighted by Gasteiger charge is -2.40. The van der Waals surface area contributed by atoms with Gasteiger partial charge in [0, 0.05) is 5.92 Å². The van der Waals surface area contributed by atoms with Crippen molar-refractivity contribution in [3.8, 4) is 0 Å². The first-order valence-electron chi connectivity index (χ1n) is 13.5. The van der Waals surface area contributed by atoms with Crippen molar-refractivity contribution in [2.45, 2.75) is 82.5 Å². The molecule has 1 aliphatic rings. The molecule has 3 aromatic rings. The summed E-state index contributed by atoms with van der Waals surface area (Å²) in [6.45, 7) is 14.0. The number of rotatable bonds is 10. The average Bonchev–Trinajstić information content (AvgIpc) is 3.45. The van der Waals surface area contributed by atoms with Crippen LogP contribution in [0.4, 0.5) is 5.82 Å². The summed E-state index contributed by atoms with van der Waals surface area (Å²) in [5, 5.41) is -0.168. The Morgan fingerprint density at radius 2 is 1.83 bits per heavy atom. The fourth-order valence-corrected chi connectivity index (χ4v) is 6.72. The molecular weight excluding hydrogens is 566 g/mol. The van der Waals surface area contributed by atoms with Gasteiger partial charge in [0.25, 0.3) is 10.1 Å². The second-order valence-corrected chi connectivity index (χ2v) is 18.1. The molecule has 14 heteroatoms. The first-order valence-corrected chi connectivity index (χ1v) is 17.8. The van der Waals surface area contributed by atoms with E-state index in [-0.39, 0.29) is 35.4 Å². The number of esters is 1. The van der Waals surface area contributed by atoms with Crippen LogP contribution in [0.3, 0.4) is 0 Å². The predicted molar refractivity (Wildman–Crippen MR) is 155 cm³/mol. The molecular formula is C27H39N5O7SSi. The number of carbonyl (C=O) groups excluding carboxylic acids is 1. The maximum absolute atomic E-state index is 13.1. The van der Waals surface area contributed by atoms with E-state index in [0.29, 0.717) is 11.2 Å². The number of hydrogen-bond donors (Lipinski definition) is 1. The topological polar surface area (TPSA) is 158 Å². The van der Waals surface area contributed by atoms with Crippen LogP contribution in [0.25, 0.3) is 11.2 Å². The number of ether oxygens (including phenoxy) is 2. The lowest BCUT2D eigenvalue weighted by Crippen LogP contribution is -2.47. The second-order valence-electron chi connectivity index (χ2n) is 11.7. The van der Waals surface area contributed by atoms with Crippen molar-refractivity contribution in [3.05, 3.63) is 42.5 Å². The Hall–Kier alpha value is -2.91. The predicted octanol–water partition coefficient (Wildman–Crippen LogP) is 3.98. The van der Waals surface area contributed by atoms with Crippen LogP contribution in [0.15, 0.2) is 41.8 Å². The Kier molecular flexibility index (Phi) is 8.90. The number of fused-ring (bicyclic) bond motifs is 1. The zero-order chi connectivity index (χ0) is 30.2. The molecule has 4 rings (SSSR count). The van der Waals surface area contributed by atoms with Crippen LogP contribution in [-0.2, 0) is 33.0 Å². The fourth-order valence-electron chi connectivity index (χ4n) is 4.48. The van der Waals surface area contributed by atoms with Gasteiger partial charge in [-0.2, -0.15) is 8.42 Å². The van der Waals surface area contributed by atoms with Crippen molar-refractivity contribution in [1.82, 2.24) is 19.5 Å². The number of anilines is 1. The monoisotopic (exact) mass is 605 g/mol. The average molecular weight is 606 g/mol. The van der Waals surface area contributed by atoms with Gasteiger partial charge >= 0.3 is 5.97 Å². The third kappa shape index (κ3) is 6.61. The highest BCUT2D eigenvalue weighted by Crippen LogP contribution is 2.45. The number of carbonyl (C=O) groups is 1. The van der Waals surface area contributed by atoms with E-state index in [1.54, 1.807) is 23.6 Å². The van der Waals surface area contributed by atoms with Crippen LogP contribution in [0, 0.1) is 12.8 Å². The lowest BCUT2D eigenvalue weighted by atomic mass is 9.94. The zero-order valence-electron chi connectivity index (χ0n) is 24.5. The SMILES string of the molecule is CCOC(=O)C[C@H]1[C@@H](O[Si](C)(C)C(C)(C)C)[C@H](n2cnc3c(N)ncnc32)O[C@@H]1COS(=O)(=O)c1ccc(C)cc1. The molecule has 0 radical (unpaired) electrons.